The van der Waals surface area contributed by atoms with Crippen LogP contribution in [-0.2, 0) is 11.3 Å². The zero-order valence-corrected chi connectivity index (χ0v) is 14.1. The van der Waals surface area contributed by atoms with Crippen molar-refractivity contribution in [1.82, 2.24) is 5.32 Å². The molecule has 0 spiro atoms. The first-order chi connectivity index (χ1) is 11.1. The van der Waals surface area contributed by atoms with E-state index in [9.17, 15) is 4.79 Å². The summed E-state index contributed by atoms with van der Waals surface area (Å²) in [6, 6.07) is 17.8. The predicted octanol–water partition coefficient (Wildman–Crippen LogP) is 4.14. The molecule has 1 N–H and O–H groups in total. The molecular formula is C20H25NO2. The third-order valence-electron chi connectivity index (χ3n) is 3.85. The van der Waals surface area contributed by atoms with Gasteiger partial charge in [0, 0.05) is 6.54 Å². The average molecular weight is 311 g/mol. The Morgan fingerprint density at radius 3 is 2.26 bits per heavy atom. The molecule has 3 nitrogen and oxygen atoms in total. The van der Waals surface area contributed by atoms with Crippen LogP contribution in [0.3, 0.4) is 0 Å². The van der Waals surface area contributed by atoms with Crippen LogP contribution >= 0.6 is 0 Å². The first kappa shape index (κ1) is 17.1. The van der Waals surface area contributed by atoms with Crippen LogP contribution in [0.5, 0.6) is 5.75 Å². The highest BCUT2D eigenvalue weighted by molar-refractivity contribution is 5.83. The minimum absolute atomic E-state index is 0.0840. The van der Waals surface area contributed by atoms with Crippen molar-refractivity contribution in [1.29, 1.82) is 0 Å². The summed E-state index contributed by atoms with van der Waals surface area (Å²) in [4.78, 5) is 12.6. The van der Waals surface area contributed by atoms with Crippen molar-refractivity contribution in [2.24, 2.45) is 5.92 Å². The summed E-state index contributed by atoms with van der Waals surface area (Å²) in [6.07, 6.45) is 0.846. The third kappa shape index (κ3) is 5.13. The lowest BCUT2D eigenvalue weighted by atomic mass is 9.89. The van der Waals surface area contributed by atoms with Crippen molar-refractivity contribution in [3.8, 4) is 5.75 Å². The predicted molar refractivity (Wildman–Crippen MR) is 93.5 cm³/mol. The fourth-order valence-electron chi connectivity index (χ4n) is 2.61. The summed E-state index contributed by atoms with van der Waals surface area (Å²) >= 11 is 0. The van der Waals surface area contributed by atoms with Crippen LogP contribution in [0.4, 0.5) is 0 Å². The molecule has 2 aromatic carbocycles. The van der Waals surface area contributed by atoms with Gasteiger partial charge >= 0.3 is 0 Å². The lowest BCUT2D eigenvalue weighted by Gasteiger charge is -2.19. The molecule has 0 aromatic heterocycles. The highest BCUT2D eigenvalue weighted by Gasteiger charge is 2.21. The summed E-state index contributed by atoms with van der Waals surface area (Å²) in [7, 11) is 1.65. The van der Waals surface area contributed by atoms with E-state index in [0.29, 0.717) is 12.5 Å². The van der Waals surface area contributed by atoms with E-state index in [0.717, 1.165) is 23.3 Å². The Bertz CT molecular complexity index is 605. The van der Waals surface area contributed by atoms with Crippen LogP contribution in [0.2, 0.25) is 0 Å². The van der Waals surface area contributed by atoms with E-state index in [-0.39, 0.29) is 11.8 Å². The molecular weight excluding hydrogens is 286 g/mol. The third-order valence-corrected chi connectivity index (χ3v) is 3.85. The number of nitrogens with one attached hydrogen (secondary N) is 1. The SMILES string of the molecule is COc1ccc(CNC(=O)C(CC(C)C)c2ccccc2)cc1. The number of carbonyl (C=O) groups excluding carboxylic acids is 1. The Labute approximate surface area is 138 Å². The van der Waals surface area contributed by atoms with E-state index in [2.05, 4.69) is 19.2 Å². The number of carbonyl (C=O) groups is 1. The molecule has 0 heterocycles. The zero-order valence-electron chi connectivity index (χ0n) is 14.1. The highest BCUT2D eigenvalue weighted by Crippen LogP contribution is 2.24. The van der Waals surface area contributed by atoms with Gasteiger partial charge in [-0.2, -0.15) is 0 Å². The van der Waals surface area contributed by atoms with Crippen molar-refractivity contribution in [2.75, 3.05) is 7.11 Å². The molecule has 0 aliphatic heterocycles. The molecule has 1 atom stereocenters. The fourth-order valence-corrected chi connectivity index (χ4v) is 2.61. The van der Waals surface area contributed by atoms with Gasteiger partial charge in [0.25, 0.3) is 0 Å². The quantitative estimate of drug-likeness (QED) is 0.834. The molecule has 1 amide bonds. The van der Waals surface area contributed by atoms with Crippen LogP contribution in [0, 0.1) is 5.92 Å². The molecule has 2 aromatic rings. The number of amides is 1. The van der Waals surface area contributed by atoms with Gasteiger partial charge in [-0.15, -0.1) is 0 Å². The molecule has 1 unspecified atom stereocenters. The first-order valence-corrected chi connectivity index (χ1v) is 8.05. The van der Waals surface area contributed by atoms with Crippen molar-refractivity contribution in [3.05, 3.63) is 65.7 Å². The van der Waals surface area contributed by atoms with Gasteiger partial charge in [-0.05, 0) is 35.6 Å². The maximum Gasteiger partial charge on any atom is 0.227 e. The van der Waals surface area contributed by atoms with Crippen molar-refractivity contribution < 1.29 is 9.53 Å². The monoisotopic (exact) mass is 311 g/mol. The highest BCUT2D eigenvalue weighted by atomic mass is 16.5. The average Bonchev–Trinajstić information content (AvgIpc) is 2.58. The Hall–Kier alpha value is -2.29. The van der Waals surface area contributed by atoms with Gasteiger partial charge in [-0.25, -0.2) is 0 Å². The molecule has 0 bridgehead atoms. The maximum atomic E-state index is 12.6. The molecule has 3 heteroatoms. The van der Waals surface area contributed by atoms with E-state index in [1.165, 1.54) is 0 Å². The molecule has 0 aliphatic rings. The zero-order chi connectivity index (χ0) is 16.7. The number of benzene rings is 2. The van der Waals surface area contributed by atoms with Gasteiger partial charge in [0.1, 0.15) is 5.75 Å². The molecule has 0 saturated carbocycles. The summed E-state index contributed by atoms with van der Waals surface area (Å²) in [5, 5.41) is 3.06. The standard InChI is InChI=1S/C20H25NO2/c1-15(2)13-19(17-7-5-4-6-8-17)20(22)21-14-16-9-11-18(23-3)12-10-16/h4-12,15,19H,13-14H2,1-3H3,(H,21,22). The summed E-state index contributed by atoms with van der Waals surface area (Å²) in [5.41, 5.74) is 2.14. The van der Waals surface area contributed by atoms with E-state index < -0.39 is 0 Å². The van der Waals surface area contributed by atoms with Crippen molar-refractivity contribution in [2.45, 2.75) is 32.7 Å². The molecule has 0 saturated heterocycles. The normalized spacial score (nSPS) is 12.0. The van der Waals surface area contributed by atoms with Crippen LogP contribution < -0.4 is 10.1 Å². The molecule has 0 radical (unpaired) electrons. The number of ether oxygens (including phenoxy) is 1. The van der Waals surface area contributed by atoms with Crippen LogP contribution in [0.1, 0.15) is 37.3 Å². The van der Waals surface area contributed by atoms with Gasteiger partial charge < -0.3 is 10.1 Å². The Morgan fingerprint density at radius 2 is 1.70 bits per heavy atom. The van der Waals surface area contributed by atoms with Gasteiger partial charge in [0.05, 0.1) is 13.0 Å². The lowest BCUT2D eigenvalue weighted by molar-refractivity contribution is -0.123. The first-order valence-electron chi connectivity index (χ1n) is 8.05. The molecule has 0 aliphatic carbocycles. The van der Waals surface area contributed by atoms with Crippen molar-refractivity contribution in [3.63, 3.8) is 0 Å². The second kappa shape index (κ2) is 8.37. The van der Waals surface area contributed by atoms with E-state index in [1.807, 2.05) is 54.6 Å². The van der Waals surface area contributed by atoms with Gasteiger partial charge in [-0.1, -0.05) is 56.3 Å². The molecule has 0 fully saturated rings. The van der Waals surface area contributed by atoms with Crippen molar-refractivity contribution >= 4 is 5.91 Å². The van der Waals surface area contributed by atoms with Gasteiger partial charge in [-0.3, -0.25) is 4.79 Å². The second-order valence-corrected chi connectivity index (χ2v) is 6.16. The van der Waals surface area contributed by atoms with Crippen LogP contribution in [0.25, 0.3) is 0 Å². The second-order valence-electron chi connectivity index (χ2n) is 6.16. The lowest BCUT2D eigenvalue weighted by Crippen LogP contribution is -2.29. The molecule has 122 valence electrons. The molecule has 2 rings (SSSR count). The number of rotatable bonds is 7. The van der Waals surface area contributed by atoms with Crippen LogP contribution in [0.15, 0.2) is 54.6 Å². The summed E-state index contributed by atoms with van der Waals surface area (Å²) in [5.74, 6) is 1.27. The maximum absolute atomic E-state index is 12.6. The van der Waals surface area contributed by atoms with E-state index in [1.54, 1.807) is 7.11 Å². The summed E-state index contributed by atoms with van der Waals surface area (Å²) < 4.78 is 5.15. The van der Waals surface area contributed by atoms with E-state index >= 15 is 0 Å². The number of hydrogen-bond donors (Lipinski definition) is 1. The number of hydrogen-bond acceptors (Lipinski definition) is 2. The smallest absolute Gasteiger partial charge is 0.227 e. The minimum Gasteiger partial charge on any atom is -0.497 e. The van der Waals surface area contributed by atoms with Gasteiger partial charge in [0.2, 0.25) is 5.91 Å². The summed E-state index contributed by atoms with van der Waals surface area (Å²) in [6.45, 7) is 4.82. The largest absolute Gasteiger partial charge is 0.497 e. The number of methoxy groups -OCH3 is 1. The molecule has 23 heavy (non-hydrogen) atoms. The Morgan fingerprint density at radius 1 is 1.04 bits per heavy atom. The topological polar surface area (TPSA) is 38.3 Å². The van der Waals surface area contributed by atoms with E-state index in [4.69, 9.17) is 4.74 Å². The van der Waals surface area contributed by atoms with Gasteiger partial charge in [0.15, 0.2) is 0 Å². The Balaban J connectivity index is 2.02. The van der Waals surface area contributed by atoms with Crippen LogP contribution in [-0.4, -0.2) is 13.0 Å². The Kier molecular flexibility index (Phi) is 6.21. The fraction of sp³-hybridized carbons (Fsp3) is 0.350. The minimum atomic E-state index is -0.102.